The van der Waals surface area contributed by atoms with Gasteiger partial charge in [0.25, 0.3) is 0 Å². The fraction of sp³-hybridized carbons (Fsp3) is 0.526. The molecule has 6 nitrogen and oxygen atoms in total. The van der Waals surface area contributed by atoms with Gasteiger partial charge in [0, 0.05) is 24.4 Å². The van der Waals surface area contributed by atoms with Crippen molar-refractivity contribution in [2.45, 2.75) is 51.5 Å². The molecule has 1 aromatic heterocycles. The molecule has 2 aromatic rings. The third-order valence-electron chi connectivity index (χ3n) is 4.68. The lowest BCUT2D eigenvalue weighted by Crippen LogP contribution is -2.38. The third-order valence-corrected chi connectivity index (χ3v) is 4.68. The van der Waals surface area contributed by atoms with Gasteiger partial charge in [0.15, 0.2) is 0 Å². The van der Waals surface area contributed by atoms with E-state index in [0.717, 1.165) is 24.2 Å². The Morgan fingerprint density at radius 2 is 2.12 bits per heavy atom. The second-order valence-corrected chi connectivity index (χ2v) is 6.78. The lowest BCUT2D eigenvalue weighted by atomic mass is 9.87. The van der Waals surface area contributed by atoms with E-state index < -0.39 is 0 Å². The first-order valence-corrected chi connectivity index (χ1v) is 8.90. The number of nitrogens with one attached hydrogen (secondary N) is 1. The van der Waals surface area contributed by atoms with E-state index in [9.17, 15) is 4.79 Å². The Morgan fingerprint density at radius 1 is 1.32 bits per heavy atom. The molecule has 1 N–H and O–H groups in total. The molecule has 25 heavy (non-hydrogen) atoms. The Balaban J connectivity index is 1.50. The van der Waals surface area contributed by atoms with Crippen molar-refractivity contribution in [1.82, 2.24) is 15.5 Å². The molecule has 1 aliphatic carbocycles. The van der Waals surface area contributed by atoms with Crippen LogP contribution in [0.4, 0.5) is 0 Å². The smallest absolute Gasteiger partial charge is 0.227 e. The van der Waals surface area contributed by atoms with Crippen LogP contribution in [-0.2, 0) is 11.2 Å². The van der Waals surface area contributed by atoms with E-state index in [4.69, 9.17) is 9.26 Å². The van der Waals surface area contributed by atoms with E-state index in [-0.39, 0.29) is 5.91 Å². The van der Waals surface area contributed by atoms with Crippen molar-refractivity contribution >= 4 is 5.91 Å². The highest BCUT2D eigenvalue weighted by atomic mass is 16.5. The number of ether oxygens (including phenoxy) is 1. The van der Waals surface area contributed by atoms with E-state index in [0.29, 0.717) is 36.5 Å². The van der Waals surface area contributed by atoms with Gasteiger partial charge in [-0.15, -0.1) is 0 Å². The Labute approximate surface area is 148 Å². The van der Waals surface area contributed by atoms with E-state index in [1.165, 1.54) is 12.8 Å². The predicted molar refractivity (Wildman–Crippen MR) is 94.2 cm³/mol. The van der Waals surface area contributed by atoms with Crippen LogP contribution in [0.1, 0.15) is 44.9 Å². The summed E-state index contributed by atoms with van der Waals surface area (Å²) in [7, 11) is 1.63. The molecule has 6 heteroatoms. The number of carbonyl (C=O) groups is 1. The van der Waals surface area contributed by atoms with Gasteiger partial charge in [-0.3, -0.25) is 4.79 Å². The zero-order valence-electron chi connectivity index (χ0n) is 14.8. The van der Waals surface area contributed by atoms with Gasteiger partial charge in [-0.25, -0.2) is 0 Å². The van der Waals surface area contributed by atoms with E-state index in [2.05, 4.69) is 22.4 Å². The van der Waals surface area contributed by atoms with Crippen molar-refractivity contribution in [3.8, 4) is 17.1 Å². The third kappa shape index (κ3) is 4.81. The first kappa shape index (κ1) is 17.5. The summed E-state index contributed by atoms with van der Waals surface area (Å²) in [5, 5.41) is 7.11. The van der Waals surface area contributed by atoms with Crippen LogP contribution in [0, 0.1) is 5.92 Å². The number of aryl methyl sites for hydroxylation is 1. The molecule has 0 unspecified atom stereocenters. The van der Waals surface area contributed by atoms with E-state index in [1.807, 2.05) is 24.3 Å². The molecular formula is C19H25N3O3. The van der Waals surface area contributed by atoms with Gasteiger partial charge in [0.05, 0.1) is 7.11 Å². The van der Waals surface area contributed by atoms with E-state index in [1.54, 1.807) is 7.11 Å². The number of aromatic nitrogens is 2. The minimum Gasteiger partial charge on any atom is -0.497 e. The summed E-state index contributed by atoms with van der Waals surface area (Å²) in [4.78, 5) is 16.5. The van der Waals surface area contributed by atoms with Crippen molar-refractivity contribution in [2.75, 3.05) is 7.11 Å². The largest absolute Gasteiger partial charge is 0.497 e. The fourth-order valence-corrected chi connectivity index (χ4v) is 3.30. The van der Waals surface area contributed by atoms with Crippen LogP contribution in [0.2, 0.25) is 0 Å². The fourth-order valence-electron chi connectivity index (χ4n) is 3.30. The molecule has 0 radical (unpaired) electrons. The van der Waals surface area contributed by atoms with E-state index >= 15 is 0 Å². The number of carbonyl (C=O) groups excluding carboxylic acids is 1. The molecule has 0 aliphatic heterocycles. The van der Waals surface area contributed by atoms with Gasteiger partial charge in [0.2, 0.25) is 17.6 Å². The second-order valence-electron chi connectivity index (χ2n) is 6.78. The number of benzene rings is 1. The molecule has 1 aliphatic rings. The summed E-state index contributed by atoms with van der Waals surface area (Å²) in [5.41, 5.74) is 0.858. The summed E-state index contributed by atoms with van der Waals surface area (Å²) >= 11 is 0. The lowest BCUT2D eigenvalue weighted by molar-refractivity contribution is -0.122. The monoisotopic (exact) mass is 343 g/mol. The Hall–Kier alpha value is -2.37. The van der Waals surface area contributed by atoms with Crippen molar-refractivity contribution in [2.24, 2.45) is 5.92 Å². The number of amides is 1. The molecular weight excluding hydrogens is 318 g/mol. The van der Waals surface area contributed by atoms with Gasteiger partial charge in [-0.2, -0.15) is 4.98 Å². The molecule has 0 saturated heterocycles. The maximum absolute atomic E-state index is 12.1. The highest BCUT2D eigenvalue weighted by molar-refractivity contribution is 5.76. The maximum atomic E-state index is 12.1. The van der Waals surface area contributed by atoms with Crippen LogP contribution in [0.5, 0.6) is 5.75 Å². The molecule has 0 spiro atoms. The summed E-state index contributed by atoms with van der Waals surface area (Å²) in [6.45, 7) is 2.25. The topological polar surface area (TPSA) is 77.2 Å². The zero-order chi connectivity index (χ0) is 17.6. The van der Waals surface area contributed by atoms with Crippen LogP contribution in [0.15, 0.2) is 28.8 Å². The highest BCUT2D eigenvalue weighted by Gasteiger charge is 2.20. The van der Waals surface area contributed by atoms with Crippen LogP contribution in [-0.4, -0.2) is 29.2 Å². The van der Waals surface area contributed by atoms with Crippen LogP contribution in [0.25, 0.3) is 11.4 Å². The molecule has 1 heterocycles. The van der Waals surface area contributed by atoms with Crippen LogP contribution in [0.3, 0.4) is 0 Å². The van der Waals surface area contributed by atoms with Crippen molar-refractivity contribution < 1.29 is 14.1 Å². The van der Waals surface area contributed by atoms with Crippen molar-refractivity contribution in [3.05, 3.63) is 30.2 Å². The van der Waals surface area contributed by atoms with Gasteiger partial charge < -0.3 is 14.6 Å². The van der Waals surface area contributed by atoms with Gasteiger partial charge >= 0.3 is 0 Å². The molecule has 0 bridgehead atoms. The van der Waals surface area contributed by atoms with Crippen molar-refractivity contribution in [3.63, 3.8) is 0 Å². The molecule has 2 atom stereocenters. The molecule has 3 rings (SSSR count). The average Bonchev–Trinajstić information content (AvgIpc) is 3.09. The highest BCUT2D eigenvalue weighted by Crippen LogP contribution is 2.23. The minimum absolute atomic E-state index is 0.0586. The van der Waals surface area contributed by atoms with Gasteiger partial charge in [-0.1, -0.05) is 24.9 Å². The van der Waals surface area contributed by atoms with Crippen LogP contribution < -0.4 is 10.1 Å². The molecule has 1 fully saturated rings. The summed E-state index contributed by atoms with van der Waals surface area (Å²) < 4.78 is 10.4. The molecule has 1 amide bonds. The van der Waals surface area contributed by atoms with Gasteiger partial charge in [-0.05, 0) is 43.0 Å². The number of nitrogens with zero attached hydrogens (tertiary/aromatic N) is 2. The lowest BCUT2D eigenvalue weighted by Gasteiger charge is -2.27. The summed E-state index contributed by atoms with van der Waals surface area (Å²) in [5.74, 6) is 2.55. The standard InChI is InChI=1S/C19H25N3O3/c1-13-4-3-5-15(12-13)20-17(23)10-11-18-21-19(22-25-18)14-6-8-16(24-2)9-7-14/h6-9,13,15H,3-5,10-12H2,1-2H3,(H,20,23)/t13-,15-/m0/s1. The number of methoxy groups -OCH3 is 1. The molecule has 1 aromatic carbocycles. The minimum atomic E-state index is 0.0586. The predicted octanol–water partition coefficient (Wildman–Crippen LogP) is 3.37. The Kier molecular flexibility index (Phi) is 5.68. The number of hydrogen-bond acceptors (Lipinski definition) is 5. The van der Waals surface area contributed by atoms with Crippen LogP contribution >= 0.6 is 0 Å². The molecule has 134 valence electrons. The quantitative estimate of drug-likeness (QED) is 0.870. The summed E-state index contributed by atoms with van der Waals surface area (Å²) in [6.07, 6.45) is 5.45. The number of rotatable bonds is 6. The van der Waals surface area contributed by atoms with Gasteiger partial charge in [0.1, 0.15) is 5.75 Å². The Bertz CT molecular complexity index is 696. The maximum Gasteiger partial charge on any atom is 0.227 e. The normalized spacial score (nSPS) is 20.2. The second kappa shape index (κ2) is 8.14. The Morgan fingerprint density at radius 3 is 2.84 bits per heavy atom. The van der Waals surface area contributed by atoms with Crippen molar-refractivity contribution in [1.29, 1.82) is 0 Å². The first-order valence-electron chi connectivity index (χ1n) is 8.90. The SMILES string of the molecule is COc1ccc(-c2noc(CCC(=O)N[C@H]3CCC[C@H](C)C3)n2)cc1. The average molecular weight is 343 g/mol. The zero-order valence-corrected chi connectivity index (χ0v) is 14.8. The molecule has 1 saturated carbocycles. The summed E-state index contributed by atoms with van der Waals surface area (Å²) in [6, 6.07) is 7.77. The number of hydrogen-bond donors (Lipinski definition) is 1. The first-order chi connectivity index (χ1) is 12.1.